The molecule has 0 radical (unpaired) electrons. The molecule has 0 saturated carbocycles. The summed E-state index contributed by atoms with van der Waals surface area (Å²) in [7, 11) is 0. The van der Waals surface area contributed by atoms with Crippen LogP contribution in [0.3, 0.4) is 0 Å². The zero-order chi connectivity index (χ0) is 16.5. The van der Waals surface area contributed by atoms with Crippen LogP contribution in [0.1, 0.15) is 27.6 Å². The highest BCUT2D eigenvalue weighted by atomic mass is 32.1. The maximum atomic E-state index is 10.9. The van der Waals surface area contributed by atoms with Crippen molar-refractivity contribution in [1.29, 1.82) is 0 Å². The molecule has 4 heterocycles. The molecule has 0 bridgehead atoms. The Bertz CT molecular complexity index is 873. The van der Waals surface area contributed by atoms with Gasteiger partial charge in [0.2, 0.25) is 5.76 Å². The summed E-state index contributed by atoms with van der Waals surface area (Å²) >= 11 is 1.64. The number of carboxylic acid groups (broad SMARTS) is 1. The molecule has 0 aromatic carbocycles. The second-order valence-corrected chi connectivity index (χ2v) is 6.62. The van der Waals surface area contributed by atoms with Crippen molar-refractivity contribution in [3.63, 3.8) is 0 Å². The average Bonchev–Trinajstić information content (AvgIpc) is 3.26. The summed E-state index contributed by atoms with van der Waals surface area (Å²) in [5.41, 5.74) is 2.21. The maximum Gasteiger partial charge on any atom is 0.371 e. The van der Waals surface area contributed by atoms with Crippen molar-refractivity contribution in [2.45, 2.75) is 19.5 Å². The summed E-state index contributed by atoms with van der Waals surface area (Å²) in [6, 6.07) is 7.24. The zero-order valence-electron chi connectivity index (χ0n) is 12.8. The SMILES string of the molecule is O=C(O)c1ccc(CN2CCc3nc(-c4cccs4)ncc3C2)o1. The number of aromatic carboxylic acids is 1. The van der Waals surface area contributed by atoms with Crippen molar-refractivity contribution >= 4 is 17.3 Å². The number of thiophene rings is 1. The molecule has 0 aliphatic carbocycles. The largest absolute Gasteiger partial charge is 0.475 e. The summed E-state index contributed by atoms with van der Waals surface area (Å²) in [6.45, 7) is 2.18. The second kappa shape index (κ2) is 6.18. The van der Waals surface area contributed by atoms with Crippen LogP contribution in [0, 0.1) is 0 Å². The standard InChI is InChI=1S/C17H15N3O3S/c21-17(22)14-4-3-12(23-14)10-20-6-5-13-11(9-20)8-18-16(19-13)15-2-1-7-24-15/h1-4,7-8H,5-6,9-10H2,(H,21,22). The second-order valence-electron chi connectivity index (χ2n) is 5.67. The summed E-state index contributed by atoms with van der Waals surface area (Å²) in [4.78, 5) is 23.3. The molecule has 1 aliphatic rings. The Kier molecular flexibility index (Phi) is 3.87. The van der Waals surface area contributed by atoms with Crippen LogP contribution in [0.25, 0.3) is 10.7 Å². The van der Waals surface area contributed by atoms with E-state index in [0.717, 1.165) is 41.5 Å². The van der Waals surface area contributed by atoms with E-state index in [1.165, 1.54) is 6.07 Å². The van der Waals surface area contributed by atoms with Crippen LogP contribution in [-0.4, -0.2) is 32.5 Å². The molecule has 7 heteroatoms. The summed E-state index contributed by atoms with van der Waals surface area (Å²) in [5.74, 6) is 0.382. The molecule has 0 atom stereocenters. The van der Waals surface area contributed by atoms with E-state index < -0.39 is 5.97 Å². The molecule has 0 saturated heterocycles. The third kappa shape index (κ3) is 2.95. The van der Waals surface area contributed by atoms with Crippen molar-refractivity contribution in [1.82, 2.24) is 14.9 Å². The van der Waals surface area contributed by atoms with Crippen LogP contribution in [0.15, 0.2) is 40.3 Å². The molecule has 0 spiro atoms. The van der Waals surface area contributed by atoms with E-state index in [9.17, 15) is 4.79 Å². The number of carboxylic acids is 1. The van der Waals surface area contributed by atoms with Gasteiger partial charge in [0, 0.05) is 31.3 Å². The quantitative estimate of drug-likeness (QED) is 0.786. The Labute approximate surface area is 142 Å². The van der Waals surface area contributed by atoms with E-state index in [2.05, 4.69) is 9.88 Å². The molecule has 1 N–H and O–H groups in total. The lowest BCUT2D eigenvalue weighted by Gasteiger charge is -2.27. The Morgan fingerprint density at radius 3 is 3.04 bits per heavy atom. The first-order chi connectivity index (χ1) is 11.7. The topological polar surface area (TPSA) is 79.5 Å². The van der Waals surface area contributed by atoms with E-state index in [0.29, 0.717) is 12.3 Å². The van der Waals surface area contributed by atoms with Gasteiger partial charge in [-0.2, -0.15) is 0 Å². The summed E-state index contributed by atoms with van der Waals surface area (Å²) in [6.07, 6.45) is 2.75. The van der Waals surface area contributed by atoms with Crippen LogP contribution < -0.4 is 0 Å². The van der Waals surface area contributed by atoms with Crippen molar-refractivity contribution in [2.75, 3.05) is 6.54 Å². The monoisotopic (exact) mass is 341 g/mol. The highest BCUT2D eigenvalue weighted by molar-refractivity contribution is 7.13. The van der Waals surface area contributed by atoms with Gasteiger partial charge in [-0.05, 0) is 23.6 Å². The van der Waals surface area contributed by atoms with E-state index in [1.807, 2.05) is 23.7 Å². The van der Waals surface area contributed by atoms with Crippen molar-refractivity contribution in [3.8, 4) is 10.7 Å². The summed E-state index contributed by atoms with van der Waals surface area (Å²) < 4.78 is 5.33. The van der Waals surface area contributed by atoms with Gasteiger partial charge in [0.1, 0.15) is 5.76 Å². The van der Waals surface area contributed by atoms with Crippen LogP contribution in [-0.2, 0) is 19.5 Å². The van der Waals surface area contributed by atoms with E-state index in [-0.39, 0.29) is 5.76 Å². The number of rotatable bonds is 4. The number of carbonyl (C=O) groups is 1. The number of hydrogen-bond donors (Lipinski definition) is 1. The molecule has 122 valence electrons. The molecule has 4 rings (SSSR count). The number of aromatic nitrogens is 2. The first-order valence-electron chi connectivity index (χ1n) is 7.62. The van der Waals surface area contributed by atoms with Crippen LogP contribution in [0.4, 0.5) is 0 Å². The number of hydrogen-bond acceptors (Lipinski definition) is 6. The van der Waals surface area contributed by atoms with Gasteiger partial charge < -0.3 is 9.52 Å². The normalized spacial score (nSPS) is 14.5. The number of furan rings is 1. The molecular formula is C17H15N3O3S. The predicted molar refractivity (Wildman–Crippen MR) is 88.8 cm³/mol. The molecule has 3 aromatic heterocycles. The Balaban J connectivity index is 1.48. The lowest BCUT2D eigenvalue weighted by Crippen LogP contribution is -2.30. The lowest BCUT2D eigenvalue weighted by molar-refractivity contribution is 0.0658. The first-order valence-corrected chi connectivity index (χ1v) is 8.50. The van der Waals surface area contributed by atoms with Crippen LogP contribution >= 0.6 is 11.3 Å². The zero-order valence-corrected chi connectivity index (χ0v) is 13.6. The first kappa shape index (κ1) is 15.0. The van der Waals surface area contributed by atoms with E-state index >= 15 is 0 Å². The minimum atomic E-state index is -1.04. The highest BCUT2D eigenvalue weighted by Crippen LogP contribution is 2.25. The van der Waals surface area contributed by atoms with Crippen LogP contribution in [0.2, 0.25) is 0 Å². The van der Waals surface area contributed by atoms with Gasteiger partial charge in [0.15, 0.2) is 5.82 Å². The fourth-order valence-electron chi connectivity index (χ4n) is 2.83. The van der Waals surface area contributed by atoms with Crippen LogP contribution in [0.5, 0.6) is 0 Å². The average molecular weight is 341 g/mol. The number of fused-ring (bicyclic) bond motifs is 1. The molecule has 3 aromatic rings. The minimum absolute atomic E-state index is 0.0219. The lowest BCUT2D eigenvalue weighted by atomic mass is 10.1. The molecule has 1 aliphatic heterocycles. The van der Waals surface area contributed by atoms with Gasteiger partial charge >= 0.3 is 5.97 Å². The molecule has 0 amide bonds. The molecule has 6 nitrogen and oxygen atoms in total. The molecule has 0 fully saturated rings. The van der Waals surface area contributed by atoms with Crippen molar-refractivity contribution < 1.29 is 14.3 Å². The Morgan fingerprint density at radius 1 is 1.38 bits per heavy atom. The highest BCUT2D eigenvalue weighted by Gasteiger charge is 2.20. The summed E-state index contributed by atoms with van der Waals surface area (Å²) in [5, 5.41) is 10.9. The van der Waals surface area contributed by atoms with Gasteiger partial charge in [0.05, 0.1) is 17.1 Å². The molecule has 24 heavy (non-hydrogen) atoms. The minimum Gasteiger partial charge on any atom is -0.475 e. The fourth-order valence-corrected chi connectivity index (χ4v) is 3.50. The Hall–Kier alpha value is -2.51. The molecular weight excluding hydrogens is 326 g/mol. The fraction of sp³-hybridized carbons (Fsp3) is 0.235. The predicted octanol–water partition coefficient (Wildman–Crippen LogP) is 3.05. The number of nitrogens with zero attached hydrogens (tertiary/aromatic N) is 3. The smallest absolute Gasteiger partial charge is 0.371 e. The third-order valence-electron chi connectivity index (χ3n) is 4.01. The maximum absolute atomic E-state index is 10.9. The van der Waals surface area contributed by atoms with Gasteiger partial charge in [-0.25, -0.2) is 14.8 Å². The van der Waals surface area contributed by atoms with Gasteiger partial charge in [-0.3, -0.25) is 4.90 Å². The van der Waals surface area contributed by atoms with Gasteiger partial charge in [-0.15, -0.1) is 11.3 Å². The van der Waals surface area contributed by atoms with E-state index in [1.54, 1.807) is 17.4 Å². The van der Waals surface area contributed by atoms with Crippen molar-refractivity contribution in [2.24, 2.45) is 0 Å². The van der Waals surface area contributed by atoms with Gasteiger partial charge in [0.25, 0.3) is 0 Å². The third-order valence-corrected chi connectivity index (χ3v) is 4.87. The van der Waals surface area contributed by atoms with Gasteiger partial charge in [-0.1, -0.05) is 6.07 Å². The van der Waals surface area contributed by atoms with E-state index in [4.69, 9.17) is 14.5 Å². The Morgan fingerprint density at radius 2 is 2.29 bits per heavy atom. The molecule has 0 unspecified atom stereocenters. The van der Waals surface area contributed by atoms with Crippen molar-refractivity contribution in [3.05, 3.63) is 58.6 Å².